The molecular formula is C8H16O5. The molecule has 0 aromatic rings. The van der Waals surface area contributed by atoms with Gasteiger partial charge in [-0.15, -0.1) is 0 Å². The van der Waals surface area contributed by atoms with Crippen molar-refractivity contribution in [3.8, 4) is 0 Å². The minimum absolute atomic E-state index is 0.0650. The van der Waals surface area contributed by atoms with Crippen LogP contribution in [0.3, 0.4) is 0 Å². The molecule has 78 valence electrons. The molecule has 13 heavy (non-hydrogen) atoms. The summed E-state index contributed by atoms with van der Waals surface area (Å²) in [6.45, 7) is 2.79. The van der Waals surface area contributed by atoms with Crippen molar-refractivity contribution in [3.63, 3.8) is 0 Å². The van der Waals surface area contributed by atoms with E-state index in [0.717, 1.165) is 6.42 Å². The molecule has 0 spiro atoms. The zero-order valence-electron chi connectivity index (χ0n) is 7.99. The molecule has 5 heteroatoms. The van der Waals surface area contributed by atoms with E-state index in [1.165, 1.54) is 0 Å². The van der Waals surface area contributed by atoms with E-state index in [1.807, 2.05) is 6.92 Å². The molecule has 0 aromatic heterocycles. The SMILES string of the molecule is CCC(COCCOC(=O)O)OC. The van der Waals surface area contributed by atoms with Gasteiger partial charge < -0.3 is 19.3 Å². The summed E-state index contributed by atoms with van der Waals surface area (Å²) in [6, 6.07) is 0. The summed E-state index contributed by atoms with van der Waals surface area (Å²) in [5.41, 5.74) is 0. The van der Waals surface area contributed by atoms with E-state index in [2.05, 4.69) is 4.74 Å². The van der Waals surface area contributed by atoms with E-state index < -0.39 is 6.16 Å². The summed E-state index contributed by atoms with van der Waals surface area (Å²) >= 11 is 0. The van der Waals surface area contributed by atoms with Gasteiger partial charge in [-0.05, 0) is 6.42 Å². The molecule has 0 amide bonds. The smallest absolute Gasteiger partial charge is 0.450 e. The predicted octanol–water partition coefficient (Wildman–Crippen LogP) is 1.12. The number of carboxylic acid groups (broad SMARTS) is 1. The van der Waals surface area contributed by atoms with E-state index in [9.17, 15) is 4.79 Å². The van der Waals surface area contributed by atoms with Crippen LogP contribution in [0.5, 0.6) is 0 Å². The summed E-state index contributed by atoms with van der Waals surface area (Å²) in [5, 5.41) is 8.11. The molecule has 0 saturated carbocycles. The van der Waals surface area contributed by atoms with Gasteiger partial charge in [-0.2, -0.15) is 0 Å². The Bertz CT molecular complexity index is 132. The third kappa shape index (κ3) is 7.55. The lowest BCUT2D eigenvalue weighted by molar-refractivity contribution is -0.0101. The molecule has 0 aliphatic heterocycles. The van der Waals surface area contributed by atoms with Gasteiger partial charge in [-0.25, -0.2) is 4.79 Å². The molecule has 0 radical (unpaired) electrons. The molecule has 1 unspecified atom stereocenters. The van der Waals surface area contributed by atoms with Gasteiger partial charge >= 0.3 is 6.16 Å². The maximum Gasteiger partial charge on any atom is 0.505 e. The average Bonchev–Trinajstić information content (AvgIpc) is 2.11. The van der Waals surface area contributed by atoms with Gasteiger partial charge in [-0.3, -0.25) is 0 Å². The second-order valence-corrected chi connectivity index (χ2v) is 2.46. The van der Waals surface area contributed by atoms with Gasteiger partial charge in [0, 0.05) is 7.11 Å². The Hall–Kier alpha value is -0.810. The van der Waals surface area contributed by atoms with Crippen LogP contribution in [0.25, 0.3) is 0 Å². The first-order valence-corrected chi connectivity index (χ1v) is 4.17. The van der Waals surface area contributed by atoms with Gasteiger partial charge in [0.1, 0.15) is 6.61 Å². The maximum absolute atomic E-state index is 9.91. The molecule has 0 saturated heterocycles. The highest BCUT2D eigenvalue weighted by Gasteiger charge is 2.03. The van der Waals surface area contributed by atoms with Crippen LogP contribution in [0, 0.1) is 0 Å². The van der Waals surface area contributed by atoms with Gasteiger partial charge in [-0.1, -0.05) is 6.92 Å². The monoisotopic (exact) mass is 192 g/mol. The van der Waals surface area contributed by atoms with Crippen molar-refractivity contribution < 1.29 is 24.1 Å². The highest BCUT2D eigenvalue weighted by atomic mass is 16.7. The summed E-state index contributed by atoms with van der Waals surface area (Å²) in [7, 11) is 1.62. The Balaban J connectivity index is 3.19. The first-order valence-electron chi connectivity index (χ1n) is 4.17. The fourth-order valence-corrected chi connectivity index (χ4v) is 0.755. The molecule has 0 bridgehead atoms. The van der Waals surface area contributed by atoms with Gasteiger partial charge in [0.25, 0.3) is 0 Å². The normalized spacial score (nSPS) is 12.5. The first kappa shape index (κ1) is 12.2. The minimum Gasteiger partial charge on any atom is -0.450 e. The summed E-state index contributed by atoms with van der Waals surface area (Å²) in [4.78, 5) is 9.91. The van der Waals surface area contributed by atoms with Crippen LogP contribution in [0.15, 0.2) is 0 Å². The van der Waals surface area contributed by atoms with E-state index in [1.54, 1.807) is 7.11 Å². The second-order valence-electron chi connectivity index (χ2n) is 2.46. The fraction of sp³-hybridized carbons (Fsp3) is 0.875. The largest absolute Gasteiger partial charge is 0.505 e. The summed E-state index contributed by atoms with van der Waals surface area (Å²) in [6.07, 6.45) is -0.330. The number of rotatable bonds is 7. The highest BCUT2D eigenvalue weighted by molar-refractivity contribution is 5.56. The van der Waals surface area contributed by atoms with Crippen LogP contribution < -0.4 is 0 Å². The van der Waals surface area contributed by atoms with E-state index in [0.29, 0.717) is 6.61 Å². The predicted molar refractivity (Wildman–Crippen MR) is 45.9 cm³/mol. The average molecular weight is 192 g/mol. The van der Waals surface area contributed by atoms with E-state index in [-0.39, 0.29) is 19.3 Å². The van der Waals surface area contributed by atoms with Crippen molar-refractivity contribution in [3.05, 3.63) is 0 Å². The Kier molecular flexibility index (Phi) is 7.33. The molecule has 5 nitrogen and oxygen atoms in total. The maximum atomic E-state index is 9.91. The number of methoxy groups -OCH3 is 1. The molecule has 0 aliphatic rings. The summed E-state index contributed by atoms with van der Waals surface area (Å²) in [5.74, 6) is 0. The third-order valence-corrected chi connectivity index (χ3v) is 1.55. The van der Waals surface area contributed by atoms with Crippen molar-refractivity contribution >= 4 is 6.16 Å². The summed E-state index contributed by atoms with van der Waals surface area (Å²) < 4.78 is 14.4. The molecule has 0 aliphatic carbocycles. The third-order valence-electron chi connectivity index (χ3n) is 1.55. The van der Waals surface area contributed by atoms with Gasteiger partial charge in [0.15, 0.2) is 0 Å². The number of carbonyl (C=O) groups is 1. The Morgan fingerprint density at radius 2 is 2.15 bits per heavy atom. The van der Waals surface area contributed by atoms with Gasteiger partial charge in [0.2, 0.25) is 0 Å². The Morgan fingerprint density at radius 3 is 2.62 bits per heavy atom. The van der Waals surface area contributed by atoms with Crippen molar-refractivity contribution in [2.24, 2.45) is 0 Å². The lowest BCUT2D eigenvalue weighted by Gasteiger charge is -2.12. The number of hydrogen-bond acceptors (Lipinski definition) is 4. The lowest BCUT2D eigenvalue weighted by atomic mass is 10.3. The van der Waals surface area contributed by atoms with Crippen molar-refractivity contribution in [1.29, 1.82) is 0 Å². The van der Waals surface area contributed by atoms with Crippen molar-refractivity contribution in [1.82, 2.24) is 0 Å². The zero-order chi connectivity index (χ0) is 10.1. The Morgan fingerprint density at radius 1 is 1.46 bits per heavy atom. The molecule has 0 aromatic carbocycles. The molecule has 1 atom stereocenters. The molecule has 0 rings (SSSR count). The minimum atomic E-state index is -1.28. The quantitative estimate of drug-likeness (QED) is 0.483. The molecule has 0 fully saturated rings. The number of ether oxygens (including phenoxy) is 3. The number of hydrogen-bond donors (Lipinski definition) is 1. The van der Waals surface area contributed by atoms with Gasteiger partial charge in [0.05, 0.1) is 19.3 Å². The van der Waals surface area contributed by atoms with Crippen LogP contribution >= 0.6 is 0 Å². The standard InChI is InChI=1S/C8H16O5/c1-3-7(11-2)6-12-4-5-13-8(9)10/h7H,3-6H2,1-2H3,(H,9,10). The highest BCUT2D eigenvalue weighted by Crippen LogP contribution is 1.96. The van der Waals surface area contributed by atoms with Crippen LogP contribution in [0.1, 0.15) is 13.3 Å². The second kappa shape index (κ2) is 7.82. The van der Waals surface area contributed by atoms with E-state index >= 15 is 0 Å². The van der Waals surface area contributed by atoms with Crippen LogP contribution in [0.2, 0.25) is 0 Å². The van der Waals surface area contributed by atoms with Crippen LogP contribution in [-0.4, -0.2) is 44.3 Å². The molecule has 0 heterocycles. The van der Waals surface area contributed by atoms with Crippen LogP contribution in [0.4, 0.5) is 4.79 Å². The molecule has 1 N–H and O–H groups in total. The van der Waals surface area contributed by atoms with Crippen molar-refractivity contribution in [2.45, 2.75) is 19.4 Å². The van der Waals surface area contributed by atoms with Crippen LogP contribution in [-0.2, 0) is 14.2 Å². The Labute approximate surface area is 77.6 Å². The zero-order valence-corrected chi connectivity index (χ0v) is 7.99. The first-order chi connectivity index (χ1) is 6.20. The molecular weight excluding hydrogens is 176 g/mol. The topological polar surface area (TPSA) is 65.0 Å². The van der Waals surface area contributed by atoms with Crippen molar-refractivity contribution in [2.75, 3.05) is 26.9 Å². The lowest BCUT2D eigenvalue weighted by Crippen LogP contribution is -2.19. The van der Waals surface area contributed by atoms with E-state index in [4.69, 9.17) is 14.6 Å². The fourth-order valence-electron chi connectivity index (χ4n) is 0.755.